The SMILES string of the molecule is O=c1cc(-c2cccc(F)c2)nc2c(-c3ccc(F)cc3)c[nH]n12. The summed E-state index contributed by atoms with van der Waals surface area (Å²) in [4.78, 5) is 16.8. The van der Waals surface area contributed by atoms with Crippen LogP contribution in [0.3, 0.4) is 0 Å². The van der Waals surface area contributed by atoms with Crippen LogP contribution in [0.5, 0.6) is 0 Å². The molecule has 4 nitrogen and oxygen atoms in total. The Morgan fingerprint density at radius 1 is 0.917 bits per heavy atom. The molecule has 0 bridgehead atoms. The van der Waals surface area contributed by atoms with Gasteiger partial charge in [0.1, 0.15) is 11.6 Å². The van der Waals surface area contributed by atoms with Crippen molar-refractivity contribution in [1.29, 1.82) is 0 Å². The average Bonchev–Trinajstić information content (AvgIpc) is 3.00. The van der Waals surface area contributed by atoms with Gasteiger partial charge in [-0.1, -0.05) is 24.3 Å². The molecule has 0 fully saturated rings. The van der Waals surface area contributed by atoms with E-state index in [4.69, 9.17) is 0 Å². The highest BCUT2D eigenvalue weighted by Gasteiger charge is 2.12. The van der Waals surface area contributed by atoms with Gasteiger partial charge in [-0.05, 0) is 29.8 Å². The highest BCUT2D eigenvalue weighted by Crippen LogP contribution is 2.25. The molecular weight excluding hydrogens is 312 g/mol. The van der Waals surface area contributed by atoms with E-state index in [1.54, 1.807) is 30.5 Å². The summed E-state index contributed by atoms with van der Waals surface area (Å²) in [5, 5.41) is 2.83. The molecule has 0 saturated heterocycles. The summed E-state index contributed by atoms with van der Waals surface area (Å²) in [6.45, 7) is 0. The Labute approximate surface area is 135 Å². The molecule has 2 aromatic carbocycles. The number of aromatic nitrogens is 3. The van der Waals surface area contributed by atoms with Crippen LogP contribution in [-0.2, 0) is 0 Å². The fourth-order valence-corrected chi connectivity index (χ4v) is 2.62. The molecule has 0 amide bonds. The monoisotopic (exact) mass is 323 g/mol. The second-order valence-electron chi connectivity index (χ2n) is 5.34. The van der Waals surface area contributed by atoms with E-state index in [2.05, 4.69) is 10.1 Å². The number of hydrogen-bond donors (Lipinski definition) is 1. The van der Waals surface area contributed by atoms with Gasteiger partial charge < -0.3 is 0 Å². The molecule has 2 heterocycles. The van der Waals surface area contributed by atoms with Crippen molar-refractivity contribution in [3.63, 3.8) is 0 Å². The lowest BCUT2D eigenvalue weighted by molar-refractivity contribution is 0.627. The van der Waals surface area contributed by atoms with Gasteiger partial charge in [-0.3, -0.25) is 9.89 Å². The molecule has 0 aliphatic heterocycles. The zero-order chi connectivity index (χ0) is 16.7. The number of aromatic amines is 1. The van der Waals surface area contributed by atoms with E-state index in [-0.39, 0.29) is 11.4 Å². The molecule has 0 aliphatic rings. The maximum Gasteiger partial charge on any atom is 0.273 e. The van der Waals surface area contributed by atoms with E-state index in [0.717, 1.165) is 5.56 Å². The summed E-state index contributed by atoms with van der Waals surface area (Å²) < 4.78 is 27.8. The predicted octanol–water partition coefficient (Wildman–Crippen LogP) is 3.63. The summed E-state index contributed by atoms with van der Waals surface area (Å²) in [5.74, 6) is -0.744. The average molecular weight is 323 g/mol. The third-order valence-corrected chi connectivity index (χ3v) is 3.77. The maximum atomic E-state index is 13.4. The molecule has 0 atom stereocenters. The van der Waals surface area contributed by atoms with Crippen molar-refractivity contribution in [3.05, 3.63) is 82.8 Å². The Bertz CT molecular complexity index is 1100. The lowest BCUT2D eigenvalue weighted by Gasteiger charge is -2.03. The fourth-order valence-electron chi connectivity index (χ4n) is 2.62. The van der Waals surface area contributed by atoms with E-state index in [1.165, 1.54) is 34.8 Å². The number of benzene rings is 2. The molecule has 24 heavy (non-hydrogen) atoms. The van der Waals surface area contributed by atoms with Crippen LogP contribution in [0.4, 0.5) is 8.78 Å². The number of fused-ring (bicyclic) bond motifs is 1. The molecule has 2 aromatic heterocycles. The molecule has 1 N–H and O–H groups in total. The van der Waals surface area contributed by atoms with Crippen LogP contribution in [0.25, 0.3) is 28.0 Å². The van der Waals surface area contributed by atoms with Crippen LogP contribution in [0.2, 0.25) is 0 Å². The molecular formula is C18H11F2N3O. The van der Waals surface area contributed by atoms with Gasteiger partial charge in [-0.25, -0.2) is 18.3 Å². The van der Waals surface area contributed by atoms with Crippen LogP contribution in [-0.4, -0.2) is 14.6 Å². The highest BCUT2D eigenvalue weighted by molar-refractivity contribution is 5.78. The van der Waals surface area contributed by atoms with Crippen LogP contribution in [0, 0.1) is 11.6 Å². The minimum absolute atomic E-state index is 0.312. The van der Waals surface area contributed by atoms with E-state index in [0.29, 0.717) is 22.5 Å². The smallest absolute Gasteiger partial charge is 0.273 e. The van der Waals surface area contributed by atoms with Gasteiger partial charge in [0.15, 0.2) is 5.65 Å². The van der Waals surface area contributed by atoms with Gasteiger partial charge in [-0.15, -0.1) is 0 Å². The van der Waals surface area contributed by atoms with Crippen molar-refractivity contribution in [1.82, 2.24) is 14.6 Å². The zero-order valence-corrected chi connectivity index (χ0v) is 12.3. The summed E-state index contributed by atoms with van der Waals surface area (Å²) in [5.41, 5.74) is 2.35. The standard InChI is InChI=1S/C18H11F2N3O/c19-13-6-4-11(5-7-13)15-10-21-23-17(24)9-16(22-18(15)23)12-2-1-3-14(20)8-12/h1-10,21H. The first kappa shape index (κ1) is 14.3. The molecule has 0 radical (unpaired) electrons. The van der Waals surface area contributed by atoms with E-state index < -0.39 is 5.82 Å². The van der Waals surface area contributed by atoms with Gasteiger partial charge in [0.2, 0.25) is 0 Å². The van der Waals surface area contributed by atoms with Crippen LogP contribution in [0.1, 0.15) is 0 Å². The first-order valence-electron chi connectivity index (χ1n) is 7.25. The molecule has 0 unspecified atom stereocenters. The first-order chi connectivity index (χ1) is 11.6. The molecule has 118 valence electrons. The van der Waals surface area contributed by atoms with Crippen LogP contribution in [0.15, 0.2) is 65.6 Å². The maximum absolute atomic E-state index is 13.4. The van der Waals surface area contributed by atoms with Gasteiger partial charge >= 0.3 is 0 Å². The fraction of sp³-hybridized carbons (Fsp3) is 0. The molecule has 4 aromatic rings. The van der Waals surface area contributed by atoms with Crippen molar-refractivity contribution < 1.29 is 8.78 Å². The predicted molar refractivity (Wildman–Crippen MR) is 86.6 cm³/mol. The number of nitrogens with zero attached hydrogens (tertiary/aromatic N) is 2. The second kappa shape index (κ2) is 5.42. The summed E-state index contributed by atoms with van der Waals surface area (Å²) in [6.07, 6.45) is 1.63. The largest absolute Gasteiger partial charge is 0.296 e. The third-order valence-electron chi connectivity index (χ3n) is 3.77. The number of nitrogens with one attached hydrogen (secondary N) is 1. The van der Waals surface area contributed by atoms with Crippen molar-refractivity contribution in [2.24, 2.45) is 0 Å². The lowest BCUT2D eigenvalue weighted by atomic mass is 10.1. The molecule has 0 spiro atoms. The van der Waals surface area contributed by atoms with Crippen molar-refractivity contribution >= 4 is 5.65 Å². The summed E-state index contributed by atoms with van der Waals surface area (Å²) in [7, 11) is 0. The van der Waals surface area contributed by atoms with Crippen molar-refractivity contribution in [2.45, 2.75) is 0 Å². The van der Waals surface area contributed by atoms with E-state index in [9.17, 15) is 13.6 Å². The van der Waals surface area contributed by atoms with Crippen molar-refractivity contribution in [2.75, 3.05) is 0 Å². The lowest BCUT2D eigenvalue weighted by Crippen LogP contribution is -2.14. The second-order valence-corrected chi connectivity index (χ2v) is 5.34. The molecule has 4 rings (SSSR count). The number of rotatable bonds is 2. The number of H-pyrrole nitrogens is 1. The van der Waals surface area contributed by atoms with E-state index in [1.807, 2.05) is 0 Å². The Kier molecular flexibility index (Phi) is 3.23. The van der Waals surface area contributed by atoms with Crippen LogP contribution < -0.4 is 5.56 Å². The Balaban J connectivity index is 1.95. The van der Waals surface area contributed by atoms with Gasteiger partial charge in [-0.2, -0.15) is 0 Å². The summed E-state index contributed by atoms with van der Waals surface area (Å²) in [6, 6.07) is 13.1. The summed E-state index contributed by atoms with van der Waals surface area (Å²) >= 11 is 0. The minimum atomic E-state index is -0.401. The Morgan fingerprint density at radius 2 is 1.71 bits per heavy atom. The quantitative estimate of drug-likeness (QED) is 0.612. The van der Waals surface area contributed by atoms with Crippen molar-refractivity contribution in [3.8, 4) is 22.4 Å². The van der Waals surface area contributed by atoms with Gasteiger partial charge in [0.05, 0.1) is 5.69 Å². The highest BCUT2D eigenvalue weighted by atomic mass is 19.1. The minimum Gasteiger partial charge on any atom is -0.296 e. The third kappa shape index (κ3) is 2.38. The number of hydrogen-bond acceptors (Lipinski definition) is 2. The normalized spacial score (nSPS) is 11.1. The van der Waals surface area contributed by atoms with Gasteiger partial charge in [0, 0.05) is 23.4 Å². The van der Waals surface area contributed by atoms with E-state index >= 15 is 0 Å². The zero-order valence-electron chi connectivity index (χ0n) is 12.3. The molecule has 0 aliphatic carbocycles. The van der Waals surface area contributed by atoms with Gasteiger partial charge in [0.25, 0.3) is 5.56 Å². The number of halogens is 2. The van der Waals surface area contributed by atoms with Crippen LogP contribution >= 0.6 is 0 Å². The first-order valence-corrected chi connectivity index (χ1v) is 7.25. The Morgan fingerprint density at radius 3 is 2.46 bits per heavy atom. The molecule has 0 saturated carbocycles. The molecule has 6 heteroatoms. The topological polar surface area (TPSA) is 50.2 Å². The Hall–Kier alpha value is -3.28.